The van der Waals surface area contributed by atoms with Crippen LogP contribution in [-0.2, 0) is 14.8 Å². The largest absolute Gasteiger partial charge is 0.325 e. The second-order valence-corrected chi connectivity index (χ2v) is 8.37. The van der Waals surface area contributed by atoms with Crippen molar-refractivity contribution in [3.63, 3.8) is 0 Å². The number of halogens is 1. The maximum atomic E-state index is 12.3. The first-order valence-electron chi connectivity index (χ1n) is 7.00. The molecule has 0 radical (unpaired) electrons. The van der Waals surface area contributed by atoms with Crippen LogP contribution >= 0.6 is 22.6 Å². The Morgan fingerprint density at radius 1 is 1.38 bits per heavy atom. The lowest BCUT2D eigenvalue weighted by molar-refractivity contribution is -0.119. The molecule has 5 nitrogen and oxygen atoms in total. The number of anilines is 1. The molecule has 0 aromatic heterocycles. The van der Waals surface area contributed by atoms with Gasteiger partial charge in [0, 0.05) is 15.8 Å². The summed E-state index contributed by atoms with van der Waals surface area (Å²) in [5.41, 5.74) is 0.695. The molecule has 21 heavy (non-hydrogen) atoms. The number of sulfonamides is 1. The third kappa shape index (κ3) is 4.17. The fraction of sp³-hybridized carbons (Fsp3) is 0.500. The summed E-state index contributed by atoms with van der Waals surface area (Å²) in [5.74, 6) is -0.145. The second-order valence-electron chi connectivity index (χ2n) is 5.08. The van der Waals surface area contributed by atoms with Gasteiger partial charge in [0.05, 0.1) is 5.75 Å². The Morgan fingerprint density at radius 3 is 2.67 bits per heavy atom. The van der Waals surface area contributed by atoms with E-state index < -0.39 is 16.1 Å². The third-order valence-corrected chi connectivity index (χ3v) is 6.23. The van der Waals surface area contributed by atoms with Gasteiger partial charge in [0.1, 0.15) is 6.04 Å². The predicted molar refractivity (Wildman–Crippen MR) is 91.6 cm³/mol. The third-order valence-electron chi connectivity index (χ3n) is 3.44. The molecule has 1 aliphatic heterocycles. The predicted octanol–water partition coefficient (Wildman–Crippen LogP) is 2.43. The Hall–Kier alpha value is -0.670. The molecule has 2 rings (SSSR count). The van der Waals surface area contributed by atoms with Crippen molar-refractivity contribution in [3.05, 3.63) is 27.8 Å². The summed E-state index contributed by atoms with van der Waals surface area (Å²) in [5, 5.41) is 2.81. The van der Waals surface area contributed by atoms with Gasteiger partial charge in [-0.05, 0) is 66.1 Å². The standard InChI is InChI=1S/C14H19IN2O3S/c1-2-10-21(19,20)17-9-3-4-13(17)14(18)16-12-7-5-11(15)6-8-12/h5-8,13H,2-4,9-10H2,1H3,(H,16,18)/t13-/m1/s1. The number of hydrogen-bond donors (Lipinski definition) is 1. The number of rotatable bonds is 5. The van der Waals surface area contributed by atoms with E-state index in [0.29, 0.717) is 25.1 Å². The van der Waals surface area contributed by atoms with E-state index in [2.05, 4.69) is 27.9 Å². The van der Waals surface area contributed by atoms with E-state index in [-0.39, 0.29) is 11.7 Å². The van der Waals surface area contributed by atoms with Crippen molar-refractivity contribution >= 4 is 44.2 Å². The van der Waals surface area contributed by atoms with Crippen LogP contribution in [0.15, 0.2) is 24.3 Å². The topological polar surface area (TPSA) is 66.5 Å². The quantitative estimate of drug-likeness (QED) is 0.742. The molecule has 1 amide bonds. The van der Waals surface area contributed by atoms with E-state index >= 15 is 0 Å². The number of carbonyl (C=O) groups is 1. The number of hydrogen-bond acceptors (Lipinski definition) is 3. The molecule has 0 bridgehead atoms. The number of nitrogens with zero attached hydrogens (tertiary/aromatic N) is 1. The number of benzene rings is 1. The zero-order chi connectivity index (χ0) is 15.5. The summed E-state index contributed by atoms with van der Waals surface area (Å²) >= 11 is 2.19. The molecule has 0 aliphatic carbocycles. The molecule has 1 aliphatic rings. The SMILES string of the molecule is CCCS(=O)(=O)N1CCC[C@@H]1C(=O)Nc1ccc(I)cc1. The molecule has 1 N–H and O–H groups in total. The first-order chi connectivity index (χ1) is 9.94. The van der Waals surface area contributed by atoms with Gasteiger partial charge in [-0.2, -0.15) is 4.31 Å². The molecular weight excluding hydrogens is 403 g/mol. The van der Waals surface area contributed by atoms with Crippen molar-refractivity contribution < 1.29 is 13.2 Å². The van der Waals surface area contributed by atoms with Gasteiger partial charge >= 0.3 is 0 Å². The summed E-state index contributed by atoms with van der Waals surface area (Å²) in [6.07, 6.45) is 1.87. The van der Waals surface area contributed by atoms with Crippen molar-refractivity contribution in [3.8, 4) is 0 Å². The van der Waals surface area contributed by atoms with Crippen molar-refractivity contribution in [2.75, 3.05) is 17.6 Å². The number of nitrogens with one attached hydrogen (secondary N) is 1. The van der Waals surface area contributed by atoms with E-state index in [4.69, 9.17) is 0 Å². The molecule has 1 aromatic rings. The molecule has 1 heterocycles. The lowest BCUT2D eigenvalue weighted by Gasteiger charge is -2.23. The summed E-state index contributed by atoms with van der Waals surface area (Å²) in [6.45, 7) is 2.27. The minimum absolute atomic E-state index is 0.0975. The summed E-state index contributed by atoms with van der Waals surface area (Å²) in [6, 6.07) is 6.85. The highest BCUT2D eigenvalue weighted by molar-refractivity contribution is 14.1. The zero-order valence-electron chi connectivity index (χ0n) is 11.9. The van der Waals surface area contributed by atoms with Gasteiger partial charge in [0.2, 0.25) is 15.9 Å². The Kier molecular flexibility index (Phi) is 5.61. The summed E-state index contributed by atoms with van der Waals surface area (Å²) in [4.78, 5) is 12.3. The van der Waals surface area contributed by atoms with Gasteiger partial charge in [0.25, 0.3) is 0 Å². The van der Waals surface area contributed by atoms with E-state index in [1.807, 2.05) is 31.2 Å². The number of carbonyl (C=O) groups excluding carboxylic acids is 1. The molecule has 116 valence electrons. The summed E-state index contributed by atoms with van der Waals surface area (Å²) in [7, 11) is -3.33. The minimum Gasteiger partial charge on any atom is -0.325 e. The highest BCUT2D eigenvalue weighted by Gasteiger charge is 2.37. The molecule has 1 aromatic carbocycles. The van der Waals surface area contributed by atoms with Crippen molar-refractivity contribution in [2.45, 2.75) is 32.2 Å². The smallest absolute Gasteiger partial charge is 0.242 e. The van der Waals surface area contributed by atoms with E-state index in [0.717, 1.165) is 9.99 Å². The summed E-state index contributed by atoms with van der Waals surface area (Å²) < 4.78 is 26.8. The van der Waals surface area contributed by atoms with E-state index in [1.54, 1.807) is 0 Å². The van der Waals surface area contributed by atoms with Gasteiger partial charge in [-0.25, -0.2) is 8.42 Å². The Morgan fingerprint density at radius 2 is 2.05 bits per heavy atom. The highest BCUT2D eigenvalue weighted by Crippen LogP contribution is 2.23. The average Bonchev–Trinajstić information content (AvgIpc) is 2.91. The molecule has 0 unspecified atom stereocenters. The minimum atomic E-state index is -3.33. The first kappa shape index (κ1) is 16.7. The van der Waals surface area contributed by atoms with Crippen LogP contribution in [0.4, 0.5) is 5.69 Å². The highest BCUT2D eigenvalue weighted by atomic mass is 127. The molecule has 1 saturated heterocycles. The zero-order valence-corrected chi connectivity index (χ0v) is 14.9. The monoisotopic (exact) mass is 422 g/mol. The van der Waals surface area contributed by atoms with Crippen LogP contribution in [0.25, 0.3) is 0 Å². The van der Waals surface area contributed by atoms with E-state index in [1.165, 1.54) is 4.31 Å². The lowest BCUT2D eigenvalue weighted by Crippen LogP contribution is -2.44. The van der Waals surface area contributed by atoms with Crippen LogP contribution in [0.2, 0.25) is 0 Å². The van der Waals surface area contributed by atoms with Gasteiger partial charge in [-0.15, -0.1) is 0 Å². The Labute approximate surface area is 139 Å². The van der Waals surface area contributed by atoms with Crippen LogP contribution < -0.4 is 5.32 Å². The first-order valence-corrected chi connectivity index (χ1v) is 9.69. The van der Waals surface area contributed by atoms with Gasteiger partial charge < -0.3 is 5.32 Å². The normalized spacial score (nSPS) is 19.6. The molecule has 1 fully saturated rings. The van der Waals surface area contributed by atoms with E-state index in [9.17, 15) is 13.2 Å². The van der Waals surface area contributed by atoms with Gasteiger partial charge in [0.15, 0.2) is 0 Å². The molecular formula is C14H19IN2O3S. The number of amides is 1. The maximum absolute atomic E-state index is 12.3. The molecule has 1 atom stereocenters. The van der Waals surface area contributed by atoms with Crippen molar-refractivity contribution in [1.82, 2.24) is 4.31 Å². The van der Waals surface area contributed by atoms with Crippen LogP contribution in [0.5, 0.6) is 0 Å². The maximum Gasteiger partial charge on any atom is 0.242 e. The van der Waals surface area contributed by atoms with Crippen molar-refractivity contribution in [2.24, 2.45) is 0 Å². The molecule has 0 saturated carbocycles. The van der Waals surface area contributed by atoms with Crippen LogP contribution in [-0.4, -0.2) is 37.0 Å². The van der Waals surface area contributed by atoms with Crippen LogP contribution in [0.1, 0.15) is 26.2 Å². The van der Waals surface area contributed by atoms with Crippen molar-refractivity contribution in [1.29, 1.82) is 0 Å². The molecule has 7 heteroatoms. The fourth-order valence-corrected chi connectivity index (χ4v) is 4.58. The van der Waals surface area contributed by atoms with Gasteiger partial charge in [-0.1, -0.05) is 6.92 Å². The Bertz CT molecular complexity index is 601. The Balaban J connectivity index is 2.09. The van der Waals surface area contributed by atoms with Crippen LogP contribution in [0.3, 0.4) is 0 Å². The lowest BCUT2D eigenvalue weighted by atomic mass is 10.2. The average molecular weight is 422 g/mol. The van der Waals surface area contributed by atoms with Gasteiger partial charge in [-0.3, -0.25) is 4.79 Å². The molecule has 0 spiro atoms. The van der Waals surface area contributed by atoms with Crippen LogP contribution in [0, 0.1) is 3.57 Å². The fourth-order valence-electron chi connectivity index (χ4n) is 2.47. The second kappa shape index (κ2) is 7.06.